The van der Waals surface area contributed by atoms with Gasteiger partial charge in [0.05, 0.1) is 4.88 Å². The van der Waals surface area contributed by atoms with E-state index in [1.165, 1.54) is 11.3 Å². The molecular weight excluding hydrogens is 320 g/mol. The molecule has 2 N–H and O–H groups in total. The molecule has 0 saturated carbocycles. The maximum atomic E-state index is 12.3. The number of thiophene rings is 1. The molecule has 0 unspecified atom stereocenters. The standard InChI is InChI=1S/C19H16N2O2S/c1-13-5-2-3-6-16(13)21-18(22)14-8-10-15(11-9-14)20-19(23)17-7-4-12-24-17/h2-12H,1H3,(H,20,23)(H,21,22). The van der Waals surface area contributed by atoms with Gasteiger partial charge < -0.3 is 10.6 Å². The molecule has 5 heteroatoms. The average molecular weight is 336 g/mol. The van der Waals surface area contributed by atoms with Crippen LogP contribution in [0.15, 0.2) is 66.0 Å². The van der Waals surface area contributed by atoms with Gasteiger partial charge in [0.2, 0.25) is 0 Å². The Bertz CT molecular complexity index is 855. The molecule has 0 radical (unpaired) electrons. The zero-order valence-electron chi connectivity index (χ0n) is 13.1. The SMILES string of the molecule is Cc1ccccc1NC(=O)c1ccc(NC(=O)c2cccs2)cc1. The smallest absolute Gasteiger partial charge is 0.265 e. The van der Waals surface area contributed by atoms with Crippen LogP contribution in [0.5, 0.6) is 0 Å². The summed E-state index contributed by atoms with van der Waals surface area (Å²) in [5.41, 5.74) is 2.98. The van der Waals surface area contributed by atoms with E-state index in [9.17, 15) is 9.59 Å². The Labute approximate surface area is 144 Å². The predicted molar refractivity (Wildman–Crippen MR) is 97.8 cm³/mol. The number of benzene rings is 2. The minimum atomic E-state index is -0.180. The number of carbonyl (C=O) groups is 2. The fourth-order valence-corrected chi connectivity index (χ4v) is 2.83. The highest BCUT2D eigenvalue weighted by Gasteiger charge is 2.09. The Morgan fingerprint density at radius 1 is 0.833 bits per heavy atom. The van der Waals surface area contributed by atoms with Gasteiger partial charge in [-0.3, -0.25) is 9.59 Å². The molecule has 0 aliphatic rings. The number of anilines is 2. The van der Waals surface area contributed by atoms with Gasteiger partial charge in [0.15, 0.2) is 0 Å². The maximum absolute atomic E-state index is 12.3. The molecule has 0 aliphatic heterocycles. The average Bonchev–Trinajstić information content (AvgIpc) is 3.12. The first-order valence-corrected chi connectivity index (χ1v) is 8.33. The zero-order valence-corrected chi connectivity index (χ0v) is 13.9. The fraction of sp³-hybridized carbons (Fsp3) is 0.0526. The fourth-order valence-electron chi connectivity index (χ4n) is 2.21. The minimum absolute atomic E-state index is 0.151. The maximum Gasteiger partial charge on any atom is 0.265 e. The number of carbonyl (C=O) groups excluding carboxylic acids is 2. The minimum Gasteiger partial charge on any atom is -0.322 e. The van der Waals surface area contributed by atoms with Crippen LogP contribution < -0.4 is 10.6 Å². The number of para-hydroxylation sites is 1. The molecule has 0 aliphatic carbocycles. The Kier molecular flexibility index (Phi) is 4.72. The summed E-state index contributed by atoms with van der Waals surface area (Å²) in [6.07, 6.45) is 0. The second-order valence-electron chi connectivity index (χ2n) is 5.28. The van der Waals surface area contributed by atoms with Crippen LogP contribution in [-0.2, 0) is 0 Å². The molecule has 2 aromatic carbocycles. The topological polar surface area (TPSA) is 58.2 Å². The summed E-state index contributed by atoms with van der Waals surface area (Å²) in [5, 5.41) is 7.55. The van der Waals surface area contributed by atoms with Gasteiger partial charge in [-0.05, 0) is 54.3 Å². The van der Waals surface area contributed by atoms with Crippen LogP contribution >= 0.6 is 11.3 Å². The molecule has 1 heterocycles. The van der Waals surface area contributed by atoms with Crippen LogP contribution in [0.25, 0.3) is 0 Å². The van der Waals surface area contributed by atoms with E-state index in [4.69, 9.17) is 0 Å². The highest BCUT2D eigenvalue weighted by molar-refractivity contribution is 7.12. The van der Waals surface area contributed by atoms with E-state index in [0.29, 0.717) is 16.1 Å². The second-order valence-corrected chi connectivity index (χ2v) is 6.23. The van der Waals surface area contributed by atoms with Crippen molar-refractivity contribution in [2.75, 3.05) is 10.6 Å². The number of nitrogens with one attached hydrogen (secondary N) is 2. The molecule has 3 rings (SSSR count). The highest BCUT2D eigenvalue weighted by Crippen LogP contribution is 2.17. The van der Waals surface area contributed by atoms with Gasteiger partial charge >= 0.3 is 0 Å². The quantitative estimate of drug-likeness (QED) is 0.734. The Morgan fingerprint density at radius 3 is 2.25 bits per heavy atom. The zero-order chi connectivity index (χ0) is 16.9. The van der Waals surface area contributed by atoms with Gasteiger partial charge in [0.25, 0.3) is 11.8 Å². The summed E-state index contributed by atoms with van der Waals surface area (Å²) in [5.74, 6) is -0.331. The van der Waals surface area contributed by atoms with Crippen LogP contribution in [0.2, 0.25) is 0 Å². The number of rotatable bonds is 4. The normalized spacial score (nSPS) is 10.2. The summed E-state index contributed by atoms with van der Waals surface area (Å²) in [4.78, 5) is 24.9. The van der Waals surface area contributed by atoms with Gasteiger partial charge in [0.1, 0.15) is 0 Å². The van der Waals surface area contributed by atoms with Crippen LogP contribution in [0.1, 0.15) is 25.6 Å². The van der Waals surface area contributed by atoms with Crippen LogP contribution in [0.4, 0.5) is 11.4 Å². The first-order valence-electron chi connectivity index (χ1n) is 7.45. The molecule has 4 nitrogen and oxygen atoms in total. The van der Waals surface area contributed by atoms with Crippen LogP contribution in [0.3, 0.4) is 0 Å². The third-order valence-corrected chi connectivity index (χ3v) is 4.41. The van der Waals surface area contributed by atoms with E-state index >= 15 is 0 Å². The summed E-state index contributed by atoms with van der Waals surface area (Å²) >= 11 is 1.38. The van der Waals surface area contributed by atoms with Crippen molar-refractivity contribution < 1.29 is 9.59 Å². The van der Waals surface area contributed by atoms with Gasteiger partial charge in [-0.15, -0.1) is 11.3 Å². The number of hydrogen-bond acceptors (Lipinski definition) is 3. The molecule has 120 valence electrons. The summed E-state index contributed by atoms with van der Waals surface area (Å²) in [6, 6.07) is 18.0. The van der Waals surface area contributed by atoms with Gasteiger partial charge in [0, 0.05) is 16.9 Å². The Morgan fingerprint density at radius 2 is 1.58 bits per heavy atom. The first-order chi connectivity index (χ1) is 11.6. The second kappa shape index (κ2) is 7.10. The predicted octanol–water partition coefficient (Wildman–Crippen LogP) is 4.56. The van der Waals surface area contributed by atoms with Crippen molar-refractivity contribution in [1.82, 2.24) is 0 Å². The van der Waals surface area contributed by atoms with Gasteiger partial charge in [-0.2, -0.15) is 0 Å². The van der Waals surface area contributed by atoms with E-state index in [2.05, 4.69) is 10.6 Å². The van der Waals surface area contributed by atoms with Gasteiger partial charge in [-0.25, -0.2) is 0 Å². The number of hydrogen-bond donors (Lipinski definition) is 2. The van der Waals surface area contributed by atoms with E-state index in [1.807, 2.05) is 42.6 Å². The lowest BCUT2D eigenvalue weighted by Crippen LogP contribution is -2.13. The molecule has 2 amide bonds. The summed E-state index contributed by atoms with van der Waals surface area (Å²) < 4.78 is 0. The van der Waals surface area contributed by atoms with Crippen molar-refractivity contribution in [1.29, 1.82) is 0 Å². The number of amides is 2. The molecule has 0 saturated heterocycles. The van der Waals surface area contributed by atoms with Crippen molar-refractivity contribution in [3.63, 3.8) is 0 Å². The monoisotopic (exact) mass is 336 g/mol. The number of aryl methyl sites for hydroxylation is 1. The van der Waals surface area contributed by atoms with Gasteiger partial charge in [-0.1, -0.05) is 24.3 Å². The van der Waals surface area contributed by atoms with Crippen LogP contribution in [0, 0.1) is 6.92 Å². The van der Waals surface area contributed by atoms with Crippen LogP contribution in [-0.4, -0.2) is 11.8 Å². The van der Waals surface area contributed by atoms with E-state index in [1.54, 1.807) is 30.3 Å². The molecule has 0 bridgehead atoms. The Balaban J connectivity index is 1.67. The lowest BCUT2D eigenvalue weighted by molar-refractivity contribution is 0.102. The van der Waals surface area contributed by atoms with E-state index in [0.717, 1.165) is 11.3 Å². The molecule has 3 aromatic rings. The lowest BCUT2D eigenvalue weighted by Gasteiger charge is -2.09. The molecule has 1 aromatic heterocycles. The van der Waals surface area contributed by atoms with Crippen molar-refractivity contribution in [2.45, 2.75) is 6.92 Å². The third kappa shape index (κ3) is 3.70. The Hall–Kier alpha value is -2.92. The van der Waals surface area contributed by atoms with Crippen molar-refractivity contribution in [3.05, 3.63) is 82.0 Å². The first kappa shape index (κ1) is 16.0. The summed E-state index contributed by atoms with van der Waals surface area (Å²) in [6.45, 7) is 1.94. The molecule has 24 heavy (non-hydrogen) atoms. The van der Waals surface area contributed by atoms with E-state index in [-0.39, 0.29) is 11.8 Å². The lowest BCUT2D eigenvalue weighted by atomic mass is 10.1. The third-order valence-electron chi connectivity index (χ3n) is 3.54. The molecule has 0 spiro atoms. The molecule has 0 fully saturated rings. The molecular formula is C19H16N2O2S. The summed E-state index contributed by atoms with van der Waals surface area (Å²) in [7, 11) is 0. The van der Waals surface area contributed by atoms with Crippen molar-refractivity contribution in [2.24, 2.45) is 0 Å². The highest BCUT2D eigenvalue weighted by atomic mass is 32.1. The molecule has 0 atom stereocenters. The van der Waals surface area contributed by atoms with E-state index < -0.39 is 0 Å². The largest absolute Gasteiger partial charge is 0.322 e. The van der Waals surface area contributed by atoms with Crippen molar-refractivity contribution >= 4 is 34.5 Å². The van der Waals surface area contributed by atoms with Crippen molar-refractivity contribution in [3.8, 4) is 0 Å².